The highest BCUT2D eigenvalue weighted by Gasteiger charge is 2.09. The van der Waals surface area contributed by atoms with Gasteiger partial charge in [0, 0.05) is 62.5 Å². The zero-order valence-electron chi connectivity index (χ0n) is 12.8. The maximum atomic E-state index is 11.8. The Kier molecular flexibility index (Phi) is 7.48. The largest absolute Gasteiger partial charge is 1.00 e. The standard InChI is InChI=1S/C16H20N2O2S.ClH/c1-13-5-3-7-15(17(13)19)9-11-21-12-10-16-8-4-6-14(2)18(16)20;/h3-8H,9-12H2,1-2H3;1H/p-1. The Hall–Kier alpha value is -1.46. The lowest BCUT2D eigenvalue weighted by Gasteiger charge is -2.07. The van der Waals surface area contributed by atoms with Gasteiger partial charge in [0.1, 0.15) is 0 Å². The van der Waals surface area contributed by atoms with Crippen LogP contribution in [-0.4, -0.2) is 11.5 Å². The number of aromatic nitrogens is 2. The van der Waals surface area contributed by atoms with E-state index in [9.17, 15) is 10.4 Å². The van der Waals surface area contributed by atoms with Gasteiger partial charge in [0.2, 0.25) is 0 Å². The fourth-order valence-corrected chi connectivity index (χ4v) is 3.06. The van der Waals surface area contributed by atoms with E-state index in [0.29, 0.717) is 0 Å². The molecular formula is C16H20ClN2O2S-. The maximum Gasteiger partial charge on any atom is 0.193 e. The molecule has 0 N–H and O–H groups in total. The number of pyridine rings is 2. The summed E-state index contributed by atoms with van der Waals surface area (Å²) < 4.78 is 1.99. The van der Waals surface area contributed by atoms with Crippen LogP contribution in [0.5, 0.6) is 0 Å². The van der Waals surface area contributed by atoms with Crippen LogP contribution in [-0.2, 0) is 12.8 Å². The summed E-state index contributed by atoms with van der Waals surface area (Å²) in [6, 6.07) is 11.2. The first-order valence-corrected chi connectivity index (χ1v) is 8.19. The Bertz CT molecular complexity index is 570. The van der Waals surface area contributed by atoms with Crippen molar-refractivity contribution in [2.45, 2.75) is 26.7 Å². The highest BCUT2D eigenvalue weighted by Crippen LogP contribution is 2.08. The lowest BCUT2D eigenvalue weighted by Crippen LogP contribution is -3.00. The lowest BCUT2D eigenvalue weighted by atomic mass is 10.2. The topological polar surface area (TPSA) is 53.9 Å². The molecule has 0 saturated heterocycles. The van der Waals surface area contributed by atoms with Crippen LogP contribution in [0.4, 0.5) is 0 Å². The molecule has 0 aromatic carbocycles. The Morgan fingerprint density at radius 2 is 1.23 bits per heavy atom. The SMILES string of the molecule is Cc1cccc(CCSCCc2cccc(C)[n+]2[O-])[n+]1[O-].[Cl-]. The molecule has 2 heterocycles. The third kappa shape index (κ3) is 4.78. The van der Waals surface area contributed by atoms with Gasteiger partial charge in [-0.15, -0.1) is 0 Å². The van der Waals surface area contributed by atoms with Crippen LogP contribution >= 0.6 is 11.8 Å². The van der Waals surface area contributed by atoms with E-state index in [2.05, 4.69) is 0 Å². The first-order chi connectivity index (χ1) is 10.1. The fraction of sp³-hybridized carbons (Fsp3) is 0.375. The van der Waals surface area contributed by atoms with E-state index >= 15 is 0 Å². The van der Waals surface area contributed by atoms with E-state index < -0.39 is 0 Å². The van der Waals surface area contributed by atoms with Crippen molar-refractivity contribution >= 4 is 11.8 Å². The molecule has 0 amide bonds. The maximum absolute atomic E-state index is 11.8. The van der Waals surface area contributed by atoms with Crippen LogP contribution in [0, 0.1) is 24.3 Å². The fourth-order valence-electron chi connectivity index (χ4n) is 2.15. The van der Waals surface area contributed by atoms with Crippen molar-refractivity contribution in [3.05, 3.63) is 69.6 Å². The van der Waals surface area contributed by atoms with Crippen molar-refractivity contribution in [1.29, 1.82) is 0 Å². The van der Waals surface area contributed by atoms with Gasteiger partial charge in [0.15, 0.2) is 22.8 Å². The molecular weight excluding hydrogens is 320 g/mol. The summed E-state index contributed by atoms with van der Waals surface area (Å²) in [5.74, 6) is 1.77. The molecule has 2 aromatic rings. The highest BCUT2D eigenvalue weighted by atomic mass is 35.5. The second-order valence-electron chi connectivity index (χ2n) is 5.02. The molecule has 0 aliphatic heterocycles. The van der Waals surface area contributed by atoms with Crippen molar-refractivity contribution in [3.63, 3.8) is 0 Å². The average molecular weight is 340 g/mol. The Morgan fingerprint density at radius 3 is 1.64 bits per heavy atom. The molecule has 0 saturated carbocycles. The third-order valence-corrected chi connectivity index (χ3v) is 4.41. The molecule has 0 radical (unpaired) electrons. The van der Waals surface area contributed by atoms with E-state index in [1.807, 2.05) is 50.2 Å². The van der Waals surface area contributed by atoms with E-state index in [1.54, 1.807) is 11.8 Å². The van der Waals surface area contributed by atoms with Crippen LogP contribution in [0.2, 0.25) is 0 Å². The zero-order valence-corrected chi connectivity index (χ0v) is 14.4. The summed E-state index contributed by atoms with van der Waals surface area (Å²) in [5.41, 5.74) is 3.06. The predicted octanol–water partition coefficient (Wildman–Crippen LogP) is -0.907. The molecule has 6 heteroatoms. The van der Waals surface area contributed by atoms with Gasteiger partial charge in [-0.1, -0.05) is 0 Å². The quantitative estimate of drug-likeness (QED) is 0.389. The minimum atomic E-state index is 0. The third-order valence-electron chi connectivity index (χ3n) is 3.42. The van der Waals surface area contributed by atoms with Gasteiger partial charge in [-0.3, -0.25) is 0 Å². The summed E-state index contributed by atoms with van der Waals surface area (Å²) >= 11 is 1.77. The van der Waals surface area contributed by atoms with Crippen LogP contribution in [0.15, 0.2) is 36.4 Å². The lowest BCUT2D eigenvalue weighted by molar-refractivity contribution is -0.620. The van der Waals surface area contributed by atoms with Gasteiger partial charge in [-0.2, -0.15) is 21.2 Å². The number of hydrogen-bond donors (Lipinski definition) is 0. The van der Waals surface area contributed by atoms with Crippen LogP contribution < -0.4 is 21.9 Å². The highest BCUT2D eigenvalue weighted by molar-refractivity contribution is 7.99. The summed E-state index contributed by atoms with van der Waals surface area (Å²) in [4.78, 5) is 0. The van der Waals surface area contributed by atoms with E-state index in [4.69, 9.17) is 0 Å². The molecule has 0 unspecified atom stereocenters. The molecule has 0 atom stereocenters. The molecule has 0 aliphatic carbocycles. The second-order valence-corrected chi connectivity index (χ2v) is 6.24. The summed E-state index contributed by atoms with van der Waals surface area (Å²) in [6.45, 7) is 3.63. The second kappa shape index (κ2) is 8.86. The van der Waals surface area contributed by atoms with Crippen molar-refractivity contribution in [2.75, 3.05) is 11.5 Å². The van der Waals surface area contributed by atoms with Gasteiger partial charge in [-0.05, 0) is 12.1 Å². The molecule has 120 valence electrons. The molecule has 0 aliphatic rings. The molecule has 2 rings (SSSR count). The first-order valence-electron chi connectivity index (χ1n) is 7.03. The van der Waals surface area contributed by atoms with E-state index in [1.165, 1.54) is 0 Å². The molecule has 22 heavy (non-hydrogen) atoms. The Balaban J connectivity index is 0.00000242. The number of aryl methyl sites for hydroxylation is 4. The molecule has 0 bridgehead atoms. The van der Waals surface area contributed by atoms with E-state index in [0.717, 1.165) is 56.6 Å². The minimum absolute atomic E-state index is 0. The summed E-state index contributed by atoms with van der Waals surface area (Å²) in [6.07, 6.45) is 1.50. The molecule has 0 fully saturated rings. The predicted molar refractivity (Wildman–Crippen MR) is 85.0 cm³/mol. The number of hydrogen-bond acceptors (Lipinski definition) is 3. The van der Waals surface area contributed by atoms with Gasteiger partial charge in [0.25, 0.3) is 0 Å². The minimum Gasteiger partial charge on any atom is -1.00 e. The Labute approximate surface area is 141 Å². The zero-order chi connectivity index (χ0) is 15.2. The normalized spacial score (nSPS) is 10.3. The van der Waals surface area contributed by atoms with Crippen molar-refractivity contribution < 1.29 is 21.9 Å². The number of nitrogens with zero attached hydrogens (tertiary/aromatic N) is 2. The van der Waals surface area contributed by atoms with Gasteiger partial charge in [-0.25, -0.2) is 0 Å². The van der Waals surface area contributed by atoms with Crippen molar-refractivity contribution in [3.8, 4) is 0 Å². The van der Waals surface area contributed by atoms with Crippen LogP contribution in [0.25, 0.3) is 0 Å². The monoisotopic (exact) mass is 339 g/mol. The molecule has 0 spiro atoms. The smallest absolute Gasteiger partial charge is 0.193 e. The van der Waals surface area contributed by atoms with Crippen molar-refractivity contribution in [2.24, 2.45) is 0 Å². The average Bonchev–Trinajstić information content (AvgIpc) is 2.47. The molecule has 4 nitrogen and oxygen atoms in total. The van der Waals surface area contributed by atoms with Gasteiger partial charge >= 0.3 is 0 Å². The Morgan fingerprint density at radius 1 is 0.818 bits per heavy atom. The number of rotatable bonds is 6. The summed E-state index contributed by atoms with van der Waals surface area (Å²) in [7, 11) is 0. The van der Waals surface area contributed by atoms with Crippen LogP contribution in [0.3, 0.4) is 0 Å². The number of thioether (sulfide) groups is 1. The first kappa shape index (κ1) is 18.6. The van der Waals surface area contributed by atoms with E-state index in [-0.39, 0.29) is 12.4 Å². The van der Waals surface area contributed by atoms with Crippen molar-refractivity contribution in [1.82, 2.24) is 0 Å². The van der Waals surface area contributed by atoms with Crippen LogP contribution in [0.1, 0.15) is 22.8 Å². The van der Waals surface area contributed by atoms with Gasteiger partial charge in [0.05, 0.1) is 0 Å². The number of halogens is 1. The molecule has 2 aromatic heterocycles. The summed E-state index contributed by atoms with van der Waals surface area (Å²) in [5, 5.41) is 23.6. The van der Waals surface area contributed by atoms with Gasteiger partial charge < -0.3 is 22.8 Å².